The molecule has 0 bridgehead atoms. The minimum absolute atomic E-state index is 0. The van der Waals surface area contributed by atoms with Gasteiger partial charge in [-0.25, -0.2) is 4.79 Å². The lowest BCUT2D eigenvalue weighted by atomic mass is 10.0. The first-order valence-corrected chi connectivity index (χ1v) is 11.7. The van der Waals surface area contributed by atoms with E-state index >= 15 is 0 Å². The van der Waals surface area contributed by atoms with Gasteiger partial charge in [0.15, 0.2) is 11.5 Å². The van der Waals surface area contributed by atoms with Crippen molar-refractivity contribution in [2.24, 2.45) is 11.7 Å². The topological polar surface area (TPSA) is 93.9 Å². The molecule has 1 saturated heterocycles. The average Bonchev–Trinajstić information content (AvgIpc) is 2.80. The molecule has 3 N–H and O–H groups in total. The van der Waals surface area contributed by atoms with Crippen molar-refractivity contribution in [3.63, 3.8) is 0 Å². The number of nitrogens with zero attached hydrogens (tertiary/aromatic N) is 1. The van der Waals surface area contributed by atoms with Gasteiger partial charge in [-0.05, 0) is 62.1 Å². The van der Waals surface area contributed by atoms with Crippen LogP contribution in [0.25, 0.3) is 0 Å². The van der Waals surface area contributed by atoms with Gasteiger partial charge in [0.1, 0.15) is 0 Å². The minimum atomic E-state index is -0.400. The molecule has 0 spiro atoms. The quantitative estimate of drug-likeness (QED) is 0.349. The van der Waals surface area contributed by atoms with Gasteiger partial charge in [0.05, 0.1) is 7.11 Å². The number of halogens is 1. The van der Waals surface area contributed by atoms with E-state index < -0.39 is 6.09 Å². The van der Waals surface area contributed by atoms with Crippen molar-refractivity contribution < 1.29 is 19.1 Å². The summed E-state index contributed by atoms with van der Waals surface area (Å²) in [6.07, 6.45) is 10.3. The van der Waals surface area contributed by atoms with E-state index in [0.29, 0.717) is 43.5 Å². The third-order valence-corrected chi connectivity index (χ3v) is 5.59. The summed E-state index contributed by atoms with van der Waals surface area (Å²) in [6.45, 7) is 5.79. The number of nitrogens with two attached hydrogens (primary N) is 1. The molecule has 2 rings (SSSR count). The maximum absolute atomic E-state index is 12.6. The van der Waals surface area contributed by atoms with Gasteiger partial charge in [-0.15, -0.1) is 12.4 Å². The van der Waals surface area contributed by atoms with E-state index in [-0.39, 0.29) is 24.4 Å². The van der Waals surface area contributed by atoms with Crippen LogP contribution in [0.2, 0.25) is 0 Å². The molecule has 7 nitrogen and oxygen atoms in total. The largest absolute Gasteiger partial charge is 0.493 e. The number of methoxy groups -OCH3 is 1. The maximum atomic E-state index is 12.6. The molecule has 0 radical (unpaired) electrons. The Morgan fingerprint density at radius 3 is 2.73 bits per heavy atom. The van der Waals surface area contributed by atoms with Crippen molar-refractivity contribution in [2.75, 3.05) is 20.2 Å². The number of nitrogens with one attached hydrogen (secondary N) is 1. The summed E-state index contributed by atoms with van der Waals surface area (Å²) in [6, 6.07) is 5.35. The zero-order valence-electron chi connectivity index (χ0n) is 20.2. The van der Waals surface area contributed by atoms with E-state index in [2.05, 4.69) is 31.3 Å². The van der Waals surface area contributed by atoms with Crippen LogP contribution in [0.4, 0.5) is 4.79 Å². The summed E-state index contributed by atoms with van der Waals surface area (Å²) in [5.41, 5.74) is 6.69. The standard InChI is InChI=1S/C25H39N3O4.ClH/c1-19(2)10-6-4-5-7-12-24(29)27-18-20-13-14-22(23(16-20)31-3)32-25(30)28-15-9-8-11-21(28)17-26;/h6,10,13-14,16,19,21H,4-5,7-9,11-12,15,17-18,26H2,1-3H3,(H,27,29);1H/b10-6+;/t21-;/m0./s1. The van der Waals surface area contributed by atoms with Gasteiger partial charge in [-0.2, -0.15) is 0 Å². The Balaban J connectivity index is 0.00000544. The van der Waals surface area contributed by atoms with Crippen LogP contribution in [0.5, 0.6) is 11.5 Å². The van der Waals surface area contributed by atoms with E-state index in [0.717, 1.165) is 44.1 Å². The summed E-state index contributed by atoms with van der Waals surface area (Å²) in [5, 5.41) is 2.94. The molecule has 0 aromatic heterocycles. The van der Waals surface area contributed by atoms with E-state index in [1.807, 2.05) is 6.07 Å². The van der Waals surface area contributed by atoms with Crippen LogP contribution in [-0.4, -0.2) is 43.1 Å². The third-order valence-electron chi connectivity index (χ3n) is 5.59. The second kappa shape index (κ2) is 15.6. The van der Waals surface area contributed by atoms with Gasteiger partial charge >= 0.3 is 6.09 Å². The second-order valence-electron chi connectivity index (χ2n) is 8.63. The number of amides is 2. The van der Waals surface area contributed by atoms with E-state index in [1.54, 1.807) is 17.0 Å². The van der Waals surface area contributed by atoms with Gasteiger partial charge in [0.25, 0.3) is 0 Å². The van der Waals surface area contributed by atoms with Gasteiger partial charge in [0.2, 0.25) is 5.91 Å². The van der Waals surface area contributed by atoms with Crippen LogP contribution in [0.3, 0.4) is 0 Å². The number of unbranched alkanes of at least 4 members (excludes halogenated alkanes) is 2. The van der Waals surface area contributed by atoms with Crippen molar-refractivity contribution in [3.05, 3.63) is 35.9 Å². The first-order chi connectivity index (χ1) is 15.4. The highest BCUT2D eigenvalue weighted by Crippen LogP contribution is 2.29. The Morgan fingerprint density at radius 2 is 2.03 bits per heavy atom. The van der Waals surface area contributed by atoms with Crippen molar-refractivity contribution in [2.45, 2.75) is 71.4 Å². The lowest BCUT2D eigenvalue weighted by Gasteiger charge is -2.34. The molecule has 2 amide bonds. The van der Waals surface area contributed by atoms with Crippen molar-refractivity contribution in [1.29, 1.82) is 0 Å². The van der Waals surface area contributed by atoms with Crippen LogP contribution in [0.1, 0.15) is 64.4 Å². The predicted molar refractivity (Wildman–Crippen MR) is 134 cm³/mol. The lowest BCUT2D eigenvalue weighted by molar-refractivity contribution is -0.121. The molecule has 0 aliphatic carbocycles. The number of likely N-dealkylation sites (tertiary alicyclic amines) is 1. The van der Waals surface area contributed by atoms with Gasteiger partial charge < -0.3 is 25.4 Å². The number of hydrogen-bond donors (Lipinski definition) is 2. The van der Waals surface area contributed by atoms with Crippen LogP contribution in [-0.2, 0) is 11.3 Å². The summed E-state index contributed by atoms with van der Waals surface area (Å²) in [5.74, 6) is 1.43. The number of benzene rings is 1. The highest BCUT2D eigenvalue weighted by molar-refractivity contribution is 5.85. The molecule has 186 valence electrons. The maximum Gasteiger partial charge on any atom is 0.415 e. The molecule has 1 fully saturated rings. The molecule has 1 atom stereocenters. The molecule has 1 aliphatic rings. The monoisotopic (exact) mass is 481 g/mol. The number of allylic oxidation sites excluding steroid dienone is 2. The smallest absolute Gasteiger partial charge is 0.415 e. The number of ether oxygens (including phenoxy) is 2. The van der Waals surface area contributed by atoms with Crippen LogP contribution >= 0.6 is 12.4 Å². The van der Waals surface area contributed by atoms with E-state index in [4.69, 9.17) is 15.2 Å². The lowest BCUT2D eigenvalue weighted by Crippen LogP contribution is -2.48. The predicted octanol–water partition coefficient (Wildman–Crippen LogP) is 4.82. The van der Waals surface area contributed by atoms with E-state index in [1.165, 1.54) is 7.11 Å². The fraction of sp³-hybridized carbons (Fsp3) is 0.600. The molecule has 0 saturated carbocycles. The normalized spacial score (nSPS) is 15.9. The van der Waals surface area contributed by atoms with Crippen molar-refractivity contribution in [3.8, 4) is 11.5 Å². The molecule has 33 heavy (non-hydrogen) atoms. The SMILES string of the molecule is COc1cc(CNC(=O)CCCC/C=C/C(C)C)ccc1OC(=O)N1CCCC[C@H]1CN.Cl. The fourth-order valence-corrected chi connectivity index (χ4v) is 3.75. The third kappa shape index (κ3) is 10.0. The Morgan fingerprint density at radius 1 is 1.24 bits per heavy atom. The average molecular weight is 482 g/mol. The Labute approximate surface area is 204 Å². The number of rotatable bonds is 11. The first kappa shape index (κ1) is 28.8. The molecule has 1 aliphatic heterocycles. The number of carbonyl (C=O) groups excluding carboxylic acids is 2. The molecule has 1 aromatic carbocycles. The van der Waals surface area contributed by atoms with Crippen LogP contribution < -0.4 is 20.5 Å². The van der Waals surface area contributed by atoms with Crippen molar-refractivity contribution >= 4 is 24.4 Å². The highest BCUT2D eigenvalue weighted by Gasteiger charge is 2.27. The Hall–Kier alpha value is -2.25. The zero-order chi connectivity index (χ0) is 23.3. The second-order valence-corrected chi connectivity index (χ2v) is 8.63. The number of hydrogen-bond acceptors (Lipinski definition) is 5. The van der Waals surface area contributed by atoms with Gasteiger partial charge in [-0.1, -0.05) is 32.1 Å². The first-order valence-electron chi connectivity index (χ1n) is 11.7. The Bertz CT molecular complexity index is 770. The highest BCUT2D eigenvalue weighted by atomic mass is 35.5. The molecule has 1 heterocycles. The number of piperidine rings is 1. The molecule has 1 aromatic rings. The van der Waals surface area contributed by atoms with Crippen LogP contribution in [0.15, 0.2) is 30.4 Å². The summed E-state index contributed by atoms with van der Waals surface area (Å²) in [4.78, 5) is 26.5. The Kier molecular flexibility index (Phi) is 13.6. The zero-order valence-corrected chi connectivity index (χ0v) is 21.0. The molecule has 8 heteroatoms. The minimum Gasteiger partial charge on any atom is -0.493 e. The molecular formula is C25H40ClN3O4. The van der Waals surface area contributed by atoms with Gasteiger partial charge in [0, 0.05) is 32.1 Å². The fourth-order valence-electron chi connectivity index (χ4n) is 3.75. The molecular weight excluding hydrogens is 442 g/mol. The summed E-state index contributed by atoms with van der Waals surface area (Å²) >= 11 is 0. The summed E-state index contributed by atoms with van der Waals surface area (Å²) in [7, 11) is 1.53. The van der Waals surface area contributed by atoms with Gasteiger partial charge in [-0.3, -0.25) is 4.79 Å². The summed E-state index contributed by atoms with van der Waals surface area (Å²) < 4.78 is 11.0. The molecule has 0 unspecified atom stereocenters. The number of carbonyl (C=O) groups is 2. The van der Waals surface area contributed by atoms with Crippen molar-refractivity contribution in [1.82, 2.24) is 10.2 Å². The van der Waals surface area contributed by atoms with Crippen LogP contribution in [0, 0.1) is 5.92 Å². The van der Waals surface area contributed by atoms with E-state index in [9.17, 15) is 9.59 Å².